The Bertz CT molecular complexity index is 705. The van der Waals surface area contributed by atoms with Crippen LogP contribution in [-0.2, 0) is 0 Å². The van der Waals surface area contributed by atoms with E-state index >= 15 is 0 Å². The fraction of sp³-hybridized carbons (Fsp3) is 0. The number of hydrogen-bond acceptors (Lipinski definition) is 4. The van der Waals surface area contributed by atoms with Crippen LogP contribution in [0.5, 0.6) is 0 Å². The van der Waals surface area contributed by atoms with Gasteiger partial charge in [-0.2, -0.15) is 9.83 Å². The standard InChI is InChI=1S/C11H7N3O2/c15-11-8-5-7-3-1-2-4-9(7)14(16)10(8)6-12-13-11/h1-6,16H. The van der Waals surface area contributed by atoms with E-state index in [9.17, 15) is 10.0 Å². The zero-order chi connectivity index (χ0) is 11.1. The Kier molecular flexibility index (Phi) is 1.67. The molecular formula is C11H7N3O2. The highest BCUT2D eigenvalue weighted by molar-refractivity contribution is 5.85. The van der Waals surface area contributed by atoms with E-state index in [1.54, 1.807) is 12.1 Å². The third kappa shape index (κ3) is 1.08. The number of para-hydroxylation sites is 1. The van der Waals surface area contributed by atoms with Crippen molar-refractivity contribution in [1.29, 1.82) is 0 Å². The van der Waals surface area contributed by atoms with Crippen molar-refractivity contribution in [2.24, 2.45) is 0 Å². The molecule has 16 heavy (non-hydrogen) atoms. The third-order valence-corrected chi connectivity index (χ3v) is 2.53. The van der Waals surface area contributed by atoms with Crippen molar-refractivity contribution in [3.8, 4) is 11.3 Å². The van der Waals surface area contributed by atoms with Crippen LogP contribution in [0, 0.1) is 0 Å². The highest BCUT2D eigenvalue weighted by Gasteiger charge is 2.13. The second-order valence-corrected chi connectivity index (χ2v) is 3.46. The number of pyridine rings is 1. The predicted molar refractivity (Wildman–Crippen MR) is 57.6 cm³/mol. The van der Waals surface area contributed by atoms with Gasteiger partial charge in [-0.3, -0.25) is 4.79 Å². The van der Waals surface area contributed by atoms with Crippen LogP contribution in [0.2, 0.25) is 0 Å². The van der Waals surface area contributed by atoms with Gasteiger partial charge < -0.3 is 5.21 Å². The molecule has 0 aliphatic carbocycles. The Morgan fingerprint density at radius 1 is 1.25 bits per heavy atom. The number of aromatic nitrogens is 3. The number of fused-ring (bicyclic) bond motifs is 2. The van der Waals surface area contributed by atoms with Crippen molar-refractivity contribution >= 4 is 10.9 Å². The molecule has 0 bridgehead atoms. The van der Waals surface area contributed by atoms with Crippen LogP contribution < -0.4 is 5.56 Å². The molecule has 0 atom stereocenters. The lowest BCUT2D eigenvalue weighted by Gasteiger charge is -2.11. The fourth-order valence-electron chi connectivity index (χ4n) is 1.76. The minimum Gasteiger partial charge on any atom is -0.428 e. The fourth-order valence-corrected chi connectivity index (χ4v) is 1.76. The summed E-state index contributed by atoms with van der Waals surface area (Å²) in [5.41, 5.74) is 0.906. The minimum atomic E-state index is -0.439. The Morgan fingerprint density at radius 2 is 2.06 bits per heavy atom. The van der Waals surface area contributed by atoms with Gasteiger partial charge in [0.05, 0.1) is 17.3 Å². The Morgan fingerprint density at radius 3 is 2.94 bits per heavy atom. The maximum atomic E-state index is 11.5. The second kappa shape index (κ2) is 3.03. The zero-order valence-electron chi connectivity index (χ0n) is 8.16. The predicted octanol–water partition coefficient (Wildman–Crippen LogP) is 1.13. The molecule has 0 radical (unpaired) electrons. The van der Waals surface area contributed by atoms with Gasteiger partial charge in [-0.05, 0) is 12.1 Å². The van der Waals surface area contributed by atoms with Gasteiger partial charge in [-0.15, -0.1) is 5.10 Å². The molecule has 1 N–H and O–H groups in total. The van der Waals surface area contributed by atoms with E-state index in [1.165, 1.54) is 6.20 Å². The van der Waals surface area contributed by atoms with Gasteiger partial charge >= 0.3 is 0 Å². The average Bonchev–Trinajstić information content (AvgIpc) is 2.31. The molecule has 2 aliphatic heterocycles. The van der Waals surface area contributed by atoms with Crippen molar-refractivity contribution in [1.82, 2.24) is 14.9 Å². The molecule has 5 nitrogen and oxygen atoms in total. The summed E-state index contributed by atoms with van der Waals surface area (Å²) in [6.45, 7) is 0. The molecule has 0 amide bonds. The summed E-state index contributed by atoms with van der Waals surface area (Å²) in [6, 6.07) is 8.94. The highest BCUT2D eigenvalue weighted by atomic mass is 16.5. The number of rotatable bonds is 0. The van der Waals surface area contributed by atoms with Crippen LogP contribution >= 0.6 is 0 Å². The van der Waals surface area contributed by atoms with Crippen molar-refractivity contribution in [3.05, 3.63) is 46.9 Å². The molecule has 0 saturated heterocycles. The van der Waals surface area contributed by atoms with E-state index in [1.807, 2.05) is 18.2 Å². The lowest BCUT2D eigenvalue weighted by molar-refractivity contribution is 0.202. The van der Waals surface area contributed by atoms with Crippen molar-refractivity contribution in [3.63, 3.8) is 0 Å². The molecule has 5 heteroatoms. The van der Waals surface area contributed by atoms with E-state index < -0.39 is 5.56 Å². The largest absolute Gasteiger partial charge is 0.428 e. The molecule has 3 rings (SSSR count). The second-order valence-electron chi connectivity index (χ2n) is 3.46. The minimum absolute atomic E-state index is 0.358. The molecule has 78 valence electrons. The molecule has 0 unspecified atom stereocenters. The van der Waals surface area contributed by atoms with Gasteiger partial charge in [-0.25, -0.2) is 0 Å². The summed E-state index contributed by atoms with van der Waals surface area (Å²) in [5.74, 6) is 0. The normalized spacial score (nSPS) is 11.0. The van der Waals surface area contributed by atoms with Crippen LogP contribution in [0.15, 0.2) is 41.3 Å². The number of benzene rings is 1. The number of hydrogen-bond donors (Lipinski definition) is 1. The van der Waals surface area contributed by atoms with E-state index in [0.29, 0.717) is 16.8 Å². The smallest absolute Gasteiger partial charge is 0.297 e. The zero-order valence-corrected chi connectivity index (χ0v) is 8.16. The van der Waals surface area contributed by atoms with Crippen molar-refractivity contribution in [2.45, 2.75) is 0 Å². The van der Waals surface area contributed by atoms with Gasteiger partial charge in [0, 0.05) is 5.39 Å². The van der Waals surface area contributed by atoms with Gasteiger partial charge in [0.2, 0.25) is 0 Å². The summed E-state index contributed by atoms with van der Waals surface area (Å²) < 4.78 is 0.959. The van der Waals surface area contributed by atoms with Crippen LogP contribution in [0.1, 0.15) is 0 Å². The molecule has 1 aromatic rings. The maximum Gasteiger partial charge on any atom is 0.297 e. The number of nitrogens with zero attached hydrogens (tertiary/aromatic N) is 3. The first-order valence-electron chi connectivity index (χ1n) is 4.73. The molecule has 2 aliphatic rings. The third-order valence-electron chi connectivity index (χ3n) is 2.53. The van der Waals surface area contributed by atoms with Gasteiger partial charge in [-0.1, -0.05) is 18.2 Å². The average molecular weight is 213 g/mol. The lowest BCUT2D eigenvalue weighted by Crippen LogP contribution is -2.15. The Labute approximate surface area is 89.9 Å². The van der Waals surface area contributed by atoms with E-state index in [-0.39, 0.29) is 0 Å². The highest BCUT2D eigenvalue weighted by Crippen LogP contribution is 2.23. The first-order chi connectivity index (χ1) is 7.77. The van der Waals surface area contributed by atoms with Crippen molar-refractivity contribution < 1.29 is 5.21 Å². The van der Waals surface area contributed by atoms with E-state index in [2.05, 4.69) is 10.2 Å². The quantitative estimate of drug-likeness (QED) is 0.449. The Balaban J connectivity index is 2.61. The van der Waals surface area contributed by atoms with Crippen LogP contribution in [0.3, 0.4) is 0 Å². The first-order valence-corrected chi connectivity index (χ1v) is 4.73. The molecular weight excluding hydrogens is 206 g/mol. The summed E-state index contributed by atoms with van der Waals surface area (Å²) in [7, 11) is 0. The SMILES string of the molecule is O=c1nncc2n(O)c3ccccc3cc1-2. The molecule has 2 heterocycles. The summed E-state index contributed by atoms with van der Waals surface area (Å²) in [4.78, 5) is 11.5. The van der Waals surface area contributed by atoms with Crippen molar-refractivity contribution in [2.75, 3.05) is 0 Å². The van der Waals surface area contributed by atoms with Gasteiger partial charge in [0.15, 0.2) is 0 Å². The molecule has 0 aromatic heterocycles. The summed E-state index contributed by atoms with van der Waals surface area (Å²) in [6.07, 6.45) is 1.36. The van der Waals surface area contributed by atoms with Crippen LogP contribution in [-0.4, -0.2) is 20.1 Å². The summed E-state index contributed by atoms with van der Waals surface area (Å²) in [5, 5.41) is 17.7. The molecule has 0 fully saturated rings. The monoisotopic (exact) mass is 213 g/mol. The van der Waals surface area contributed by atoms with Gasteiger partial charge in [0.1, 0.15) is 5.69 Å². The Hall–Kier alpha value is -2.43. The molecule has 1 aromatic carbocycles. The molecule has 0 spiro atoms. The van der Waals surface area contributed by atoms with Crippen LogP contribution in [0.4, 0.5) is 0 Å². The maximum absolute atomic E-state index is 11.5. The van der Waals surface area contributed by atoms with E-state index in [4.69, 9.17) is 0 Å². The van der Waals surface area contributed by atoms with Gasteiger partial charge in [0.25, 0.3) is 5.56 Å². The first kappa shape index (κ1) is 8.84. The van der Waals surface area contributed by atoms with E-state index in [0.717, 1.165) is 10.1 Å². The summed E-state index contributed by atoms with van der Waals surface area (Å²) >= 11 is 0. The van der Waals surface area contributed by atoms with Crippen LogP contribution in [0.25, 0.3) is 22.2 Å². The topological polar surface area (TPSA) is 68.0 Å². The lowest BCUT2D eigenvalue weighted by atomic mass is 10.1. The molecule has 0 saturated carbocycles.